The molecule has 1 aliphatic rings. The van der Waals surface area contributed by atoms with Crippen LogP contribution in [0.3, 0.4) is 0 Å². The maximum absolute atomic E-state index is 12.0. The van der Waals surface area contributed by atoms with E-state index in [4.69, 9.17) is 10.2 Å². The lowest BCUT2D eigenvalue weighted by Crippen LogP contribution is -2.28. The minimum absolute atomic E-state index is 0.00683. The van der Waals surface area contributed by atoms with Crippen molar-refractivity contribution in [1.82, 2.24) is 0 Å². The molecule has 0 bridgehead atoms. The lowest BCUT2D eigenvalue weighted by Gasteiger charge is -2.20. The Morgan fingerprint density at radius 1 is 1.43 bits per heavy atom. The average Bonchev–Trinajstić information content (AvgIpc) is 2.66. The van der Waals surface area contributed by atoms with Gasteiger partial charge in [-0.1, -0.05) is 6.07 Å². The number of aromatic hydroxyl groups is 1. The van der Waals surface area contributed by atoms with Gasteiger partial charge in [0.1, 0.15) is 11.4 Å². The van der Waals surface area contributed by atoms with E-state index in [0.29, 0.717) is 0 Å². The van der Waals surface area contributed by atoms with E-state index in [1.165, 1.54) is 18.2 Å². The number of carboxylic acids is 1. The van der Waals surface area contributed by atoms with E-state index in [1.54, 1.807) is 0 Å². The van der Waals surface area contributed by atoms with Gasteiger partial charge in [-0.15, -0.1) is 0 Å². The zero-order chi connectivity index (χ0) is 15.8. The number of primary sulfonamides is 1. The van der Waals surface area contributed by atoms with Gasteiger partial charge in [0.25, 0.3) is 0 Å². The van der Waals surface area contributed by atoms with Gasteiger partial charge in [-0.2, -0.15) is 0 Å². The fraction of sp³-hybridized carbons (Fsp3) is 0.333. The van der Waals surface area contributed by atoms with Crippen LogP contribution < -0.4 is 10.0 Å². The number of para-hydroxylation sites is 1. The normalized spacial score (nSPS) is 19.0. The summed E-state index contributed by atoms with van der Waals surface area (Å²) in [5.41, 5.74) is -0.341. The number of anilines is 1. The van der Waals surface area contributed by atoms with Crippen LogP contribution in [0.4, 0.5) is 5.69 Å². The highest BCUT2D eigenvalue weighted by Crippen LogP contribution is 2.35. The quantitative estimate of drug-likeness (QED) is 0.699. The van der Waals surface area contributed by atoms with Crippen LogP contribution in [0.15, 0.2) is 18.2 Å². The van der Waals surface area contributed by atoms with Crippen LogP contribution in [0.2, 0.25) is 0 Å². The van der Waals surface area contributed by atoms with Gasteiger partial charge in [-0.05, 0) is 12.1 Å². The van der Waals surface area contributed by atoms with Gasteiger partial charge in [0.15, 0.2) is 0 Å². The van der Waals surface area contributed by atoms with Gasteiger partial charge in [-0.25, -0.2) is 18.4 Å². The van der Waals surface area contributed by atoms with E-state index < -0.39 is 27.8 Å². The molecule has 1 aromatic carbocycles. The Labute approximate surface area is 120 Å². The van der Waals surface area contributed by atoms with Crippen molar-refractivity contribution >= 4 is 27.6 Å². The Morgan fingerprint density at radius 2 is 2.10 bits per heavy atom. The molecule has 8 nitrogen and oxygen atoms in total. The summed E-state index contributed by atoms with van der Waals surface area (Å²) in [6, 6.07) is 3.88. The molecule has 1 unspecified atom stereocenters. The molecule has 114 valence electrons. The molecule has 1 aromatic rings. The van der Waals surface area contributed by atoms with Gasteiger partial charge in [-0.3, -0.25) is 4.79 Å². The summed E-state index contributed by atoms with van der Waals surface area (Å²) in [7, 11) is -3.73. The summed E-state index contributed by atoms with van der Waals surface area (Å²) >= 11 is 0. The predicted molar refractivity (Wildman–Crippen MR) is 73.5 cm³/mol. The third-order valence-corrected chi connectivity index (χ3v) is 4.12. The standard InChI is InChI=1S/C12H14N2O6S/c13-21(19,20)6-7-4-10(16)14(5-7)11-8(12(17)18)2-1-3-9(11)15/h1-3,7,15H,4-6H2,(H,17,18)(H2,13,19,20). The average molecular weight is 314 g/mol. The molecule has 9 heteroatoms. The Hall–Kier alpha value is -2.13. The number of carbonyl (C=O) groups excluding carboxylic acids is 1. The highest BCUT2D eigenvalue weighted by Gasteiger charge is 2.35. The molecule has 1 fully saturated rings. The number of benzene rings is 1. The second-order valence-corrected chi connectivity index (χ2v) is 6.54. The van der Waals surface area contributed by atoms with Crippen molar-refractivity contribution in [1.29, 1.82) is 0 Å². The van der Waals surface area contributed by atoms with Crippen molar-refractivity contribution in [3.05, 3.63) is 23.8 Å². The number of carbonyl (C=O) groups is 2. The van der Waals surface area contributed by atoms with E-state index in [-0.39, 0.29) is 35.7 Å². The van der Waals surface area contributed by atoms with Crippen LogP contribution in [0.1, 0.15) is 16.8 Å². The van der Waals surface area contributed by atoms with E-state index in [0.717, 1.165) is 4.90 Å². The number of phenolic OH excluding ortho intramolecular Hbond substituents is 1. The van der Waals surface area contributed by atoms with Crippen LogP contribution in [-0.2, 0) is 14.8 Å². The first-order valence-electron chi connectivity index (χ1n) is 6.05. The van der Waals surface area contributed by atoms with Crippen molar-refractivity contribution in [3.8, 4) is 5.75 Å². The molecule has 0 aliphatic carbocycles. The number of carboxylic acid groups (broad SMARTS) is 1. The Balaban J connectivity index is 2.36. The first-order valence-corrected chi connectivity index (χ1v) is 7.76. The van der Waals surface area contributed by atoms with Gasteiger partial charge >= 0.3 is 5.97 Å². The summed E-state index contributed by atoms with van der Waals surface area (Å²) in [5, 5.41) is 23.9. The van der Waals surface area contributed by atoms with E-state index >= 15 is 0 Å². The number of hydrogen-bond donors (Lipinski definition) is 3. The number of nitrogens with zero attached hydrogens (tertiary/aromatic N) is 1. The smallest absolute Gasteiger partial charge is 0.337 e. The lowest BCUT2D eigenvalue weighted by atomic mass is 10.1. The number of hydrogen-bond acceptors (Lipinski definition) is 5. The highest BCUT2D eigenvalue weighted by atomic mass is 32.2. The van der Waals surface area contributed by atoms with Gasteiger partial charge in [0.2, 0.25) is 15.9 Å². The van der Waals surface area contributed by atoms with Crippen LogP contribution in [0, 0.1) is 5.92 Å². The first-order chi connectivity index (χ1) is 9.69. The second kappa shape index (κ2) is 5.34. The van der Waals surface area contributed by atoms with Crippen molar-refractivity contribution in [2.45, 2.75) is 6.42 Å². The molecule has 0 aromatic heterocycles. The van der Waals surface area contributed by atoms with Gasteiger partial charge < -0.3 is 15.1 Å². The molecule has 2 rings (SSSR count). The van der Waals surface area contributed by atoms with Crippen LogP contribution in [0.5, 0.6) is 5.75 Å². The Morgan fingerprint density at radius 3 is 2.67 bits per heavy atom. The molecule has 21 heavy (non-hydrogen) atoms. The molecule has 1 aliphatic heterocycles. The molecule has 1 saturated heterocycles. The SMILES string of the molecule is NS(=O)(=O)CC1CC(=O)N(c2c(O)cccc2C(=O)O)C1. The third kappa shape index (κ3) is 3.31. The molecular formula is C12H14N2O6S. The summed E-state index contributed by atoms with van der Waals surface area (Å²) in [6.45, 7) is -0.00683. The molecule has 0 saturated carbocycles. The topological polar surface area (TPSA) is 138 Å². The Kier molecular flexibility index (Phi) is 3.88. The minimum Gasteiger partial charge on any atom is -0.506 e. The molecule has 4 N–H and O–H groups in total. The van der Waals surface area contributed by atoms with Crippen molar-refractivity contribution in [2.75, 3.05) is 17.2 Å². The van der Waals surface area contributed by atoms with Crippen molar-refractivity contribution in [2.24, 2.45) is 11.1 Å². The largest absolute Gasteiger partial charge is 0.506 e. The fourth-order valence-electron chi connectivity index (χ4n) is 2.43. The molecule has 0 radical (unpaired) electrons. The van der Waals surface area contributed by atoms with Crippen LogP contribution in [0.25, 0.3) is 0 Å². The number of phenols is 1. The summed E-state index contributed by atoms with van der Waals surface area (Å²) < 4.78 is 22.2. The van der Waals surface area contributed by atoms with Crippen LogP contribution in [-0.4, -0.2) is 42.8 Å². The van der Waals surface area contributed by atoms with Crippen molar-refractivity contribution < 1.29 is 28.2 Å². The number of rotatable bonds is 4. The molecular weight excluding hydrogens is 300 g/mol. The van der Waals surface area contributed by atoms with Crippen molar-refractivity contribution in [3.63, 3.8) is 0 Å². The van der Waals surface area contributed by atoms with E-state index in [2.05, 4.69) is 0 Å². The van der Waals surface area contributed by atoms with Crippen LogP contribution >= 0.6 is 0 Å². The first kappa shape index (κ1) is 15.3. The summed E-state index contributed by atoms with van der Waals surface area (Å²) in [5.74, 6) is -2.99. The Bertz CT molecular complexity index is 700. The summed E-state index contributed by atoms with van der Waals surface area (Å²) in [6.07, 6.45) is -0.0657. The lowest BCUT2D eigenvalue weighted by molar-refractivity contribution is -0.117. The zero-order valence-electron chi connectivity index (χ0n) is 10.9. The minimum atomic E-state index is -3.73. The number of sulfonamides is 1. The predicted octanol–water partition coefficient (Wildman–Crippen LogP) is -0.268. The van der Waals surface area contributed by atoms with E-state index in [9.17, 15) is 23.1 Å². The van der Waals surface area contributed by atoms with Gasteiger partial charge in [0, 0.05) is 18.9 Å². The maximum Gasteiger partial charge on any atom is 0.337 e. The number of amides is 1. The highest BCUT2D eigenvalue weighted by molar-refractivity contribution is 7.89. The maximum atomic E-state index is 12.0. The molecule has 0 spiro atoms. The molecule has 1 amide bonds. The fourth-order valence-corrected chi connectivity index (χ4v) is 3.31. The monoisotopic (exact) mass is 314 g/mol. The summed E-state index contributed by atoms with van der Waals surface area (Å²) in [4.78, 5) is 24.3. The number of aromatic carboxylic acids is 1. The van der Waals surface area contributed by atoms with Gasteiger partial charge in [0.05, 0.1) is 11.3 Å². The second-order valence-electron chi connectivity index (χ2n) is 4.88. The number of nitrogens with two attached hydrogens (primary N) is 1. The molecule has 1 heterocycles. The molecule has 1 atom stereocenters. The van der Waals surface area contributed by atoms with E-state index in [1.807, 2.05) is 0 Å². The zero-order valence-corrected chi connectivity index (χ0v) is 11.7. The third-order valence-electron chi connectivity index (χ3n) is 3.19.